The summed E-state index contributed by atoms with van der Waals surface area (Å²) in [6, 6.07) is 4.97. The highest BCUT2D eigenvalue weighted by Crippen LogP contribution is 2.32. The van der Waals surface area contributed by atoms with E-state index in [0.29, 0.717) is 12.1 Å². The summed E-state index contributed by atoms with van der Waals surface area (Å²) in [6.45, 7) is 6.48. The zero-order chi connectivity index (χ0) is 15.7. The van der Waals surface area contributed by atoms with Gasteiger partial charge in [-0.05, 0) is 42.5 Å². The van der Waals surface area contributed by atoms with E-state index in [2.05, 4.69) is 18.7 Å². The maximum atomic E-state index is 12.7. The number of likely N-dealkylation sites (tertiary alicyclic amines) is 1. The molecule has 0 amide bonds. The zero-order valence-electron chi connectivity index (χ0n) is 12.5. The van der Waals surface area contributed by atoms with Crippen molar-refractivity contribution in [3.8, 4) is 0 Å². The molecule has 0 spiro atoms. The number of alkyl halides is 3. The van der Waals surface area contributed by atoms with Gasteiger partial charge in [0.2, 0.25) is 0 Å². The predicted molar refractivity (Wildman–Crippen MR) is 75.9 cm³/mol. The first-order valence-corrected chi connectivity index (χ1v) is 7.25. The third-order valence-electron chi connectivity index (χ3n) is 4.01. The maximum absolute atomic E-state index is 12.7. The molecule has 0 aliphatic carbocycles. The van der Waals surface area contributed by atoms with Gasteiger partial charge < -0.3 is 5.11 Å². The molecule has 0 saturated carbocycles. The lowest BCUT2D eigenvalue weighted by Crippen LogP contribution is -2.41. The van der Waals surface area contributed by atoms with E-state index in [1.807, 2.05) is 0 Å². The molecule has 1 aromatic carbocycles. The van der Waals surface area contributed by atoms with Crippen molar-refractivity contribution in [1.82, 2.24) is 4.90 Å². The molecule has 2 rings (SSSR count). The molecule has 0 radical (unpaired) electrons. The van der Waals surface area contributed by atoms with Gasteiger partial charge in [0.1, 0.15) is 0 Å². The highest BCUT2D eigenvalue weighted by Gasteiger charge is 2.31. The third kappa shape index (κ3) is 4.45. The minimum atomic E-state index is -4.37. The van der Waals surface area contributed by atoms with Gasteiger partial charge in [0.15, 0.2) is 0 Å². The van der Waals surface area contributed by atoms with E-state index in [1.165, 1.54) is 6.07 Å². The maximum Gasteiger partial charge on any atom is 0.416 e. The van der Waals surface area contributed by atoms with Crippen molar-refractivity contribution in [2.24, 2.45) is 5.41 Å². The molecule has 1 N–H and O–H groups in total. The summed E-state index contributed by atoms with van der Waals surface area (Å²) in [7, 11) is 0. The Hall–Kier alpha value is -1.07. The number of hydrogen-bond donors (Lipinski definition) is 1. The molecule has 0 bridgehead atoms. The molecular weight excluding hydrogens is 279 g/mol. The first-order valence-electron chi connectivity index (χ1n) is 7.25. The van der Waals surface area contributed by atoms with E-state index >= 15 is 0 Å². The van der Waals surface area contributed by atoms with Gasteiger partial charge in [-0.25, -0.2) is 0 Å². The minimum Gasteiger partial charge on any atom is -0.387 e. The van der Waals surface area contributed by atoms with E-state index in [4.69, 9.17) is 0 Å². The average molecular weight is 301 g/mol. The Balaban J connectivity index is 2.05. The molecule has 1 heterocycles. The number of aliphatic hydroxyl groups excluding tert-OH is 1. The van der Waals surface area contributed by atoms with E-state index in [9.17, 15) is 18.3 Å². The summed E-state index contributed by atoms with van der Waals surface area (Å²) in [5.74, 6) is 0. The molecule has 1 aliphatic rings. The highest BCUT2D eigenvalue weighted by molar-refractivity contribution is 5.27. The van der Waals surface area contributed by atoms with Crippen LogP contribution in [0.2, 0.25) is 0 Å². The zero-order valence-corrected chi connectivity index (χ0v) is 12.5. The van der Waals surface area contributed by atoms with Gasteiger partial charge in [-0.15, -0.1) is 0 Å². The Bertz CT molecular complexity index is 485. The van der Waals surface area contributed by atoms with Gasteiger partial charge in [0.25, 0.3) is 0 Å². The first kappa shape index (κ1) is 16.3. The van der Waals surface area contributed by atoms with Gasteiger partial charge in [0, 0.05) is 13.1 Å². The van der Waals surface area contributed by atoms with Crippen molar-refractivity contribution < 1.29 is 18.3 Å². The third-order valence-corrected chi connectivity index (χ3v) is 4.01. The van der Waals surface area contributed by atoms with Crippen LogP contribution in [0.5, 0.6) is 0 Å². The highest BCUT2D eigenvalue weighted by atomic mass is 19.4. The number of halogens is 3. The van der Waals surface area contributed by atoms with E-state index in [-0.39, 0.29) is 5.41 Å². The minimum absolute atomic E-state index is 0.200. The molecular formula is C16H22F3NO. The molecule has 21 heavy (non-hydrogen) atoms. The lowest BCUT2D eigenvalue weighted by molar-refractivity contribution is -0.137. The van der Waals surface area contributed by atoms with Crippen molar-refractivity contribution in [3.05, 3.63) is 35.4 Å². The Morgan fingerprint density at radius 2 is 2.05 bits per heavy atom. The second-order valence-electron chi connectivity index (χ2n) is 6.64. The van der Waals surface area contributed by atoms with Crippen LogP contribution in [-0.4, -0.2) is 29.6 Å². The molecule has 1 aliphatic heterocycles. The summed E-state index contributed by atoms with van der Waals surface area (Å²) in [4.78, 5) is 2.13. The monoisotopic (exact) mass is 301 g/mol. The van der Waals surface area contributed by atoms with Crippen LogP contribution in [0.1, 0.15) is 43.9 Å². The van der Waals surface area contributed by atoms with E-state index in [0.717, 1.165) is 38.1 Å². The second kappa shape index (κ2) is 5.97. The summed E-state index contributed by atoms with van der Waals surface area (Å²) < 4.78 is 38.1. The van der Waals surface area contributed by atoms with Crippen molar-refractivity contribution in [2.45, 2.75) is 39.0 Å². The summed E-state index contributed by atoms with van der Waals surface area (Å²) in [5, 5.41) is 10.2. The fourth-order valence-electron chi connectivity index (χ4n) is 2.97. The standard InChI is InChI=1S/C16H22F3NO/c1-15(2)7-4-8-20(11-15)10-14(21)12-5-3-6-13(9-12)16(17,18)19/h3,5-6,9,14,21H,4,7-8,10-11H2,1-2H3. The normalized spacial score (nSPS) is 21.2. The van der Waals surface area contributed by atoms with Gasteiger partial charge in [0.05, 0.1) is 11.7 Å². The quantitative estimate of drug-likeness (QED) is 0.916. The number of hydrogen-bond acceptors (Lipinski definition) is 2. The fourth-order valence-corrected chi connectivity index (χ4v) is 2.97. The SMILES string of the molecule is CC1(C)CCCN(CC(O)c2cccc(C(F)(F)F)c2)C1. The number of aliphatic hydroxyl groups is 1. The summed E-state index contributed by atoms with van der Waals surface area (Å²) in [5.41, 5.74) is -0.183. The number of β-amino-alcohol motifs (C(OH)–C–C–N with tert-alkyl or cyclic N) is 1. The van der Waals surface area contributed by atoms with E-state index in [1.54, 1.807) is 6.07 Å². The number of rotatable bonds is 3. The Morgan fingerprint density at radius 3 is 2.67 bits per heavy atom. The van der Waals surface area contributed by atoms with Gasteiger partial charge >= 0.3 is 6.18 Å². The molecule has 0 aromatic heterocycles. The van der Waals surface area contributed by atoms with Crippen LogP contribution in [0.4, 0.5) is 13.2 Å². The van der Waals surface area contributed by atoms with Crippen molar-refractivity contribution >= 4 is 0 Å². The number of benzene rings is 1. The van der Waals surface area contributed by atoms with Gasteiger partial charge in [-0.1, -0.05) is 26.0 Å². The molecule has 1 fully saturated rings. The van der Waals surface area contributed by atoms with E-state index < -0.39 is 17.8 Å². The fraction of sp³-hybridized carbons (Fsp3) is 0.625. The lowest BCUT2D eigenvalue weighted by atomic mass is 9.84. The topological polar surface area (TPSA) is 23.5 Å². The predicted octanol–water partition coefficient (Wildman–Crippen LogP) is 3.86. The molecule has 1 unspecified atom stereocenters. The lowest BCUT2D eigenvalue weighted by Gasteiger charge is -2.38. The summed E-state index contributed by atoms with van der Waals surface area (Å²) >= 11 is 0. The second-order valence-corrected chi connectivity index (χ2v) is 6.64. The Labute approximate surface area is 123 Å². The molecule has 1 aromatic rings. The summed E-state index contributed by atoms with van der Waals surface area (Å²) in [6.07, 6.45) is -3.06. The Morgan fingerprint density at radius 1 is 1.33 bits per heavy atom. The average Bonchev–Trinajstić information content (AvgIpc) is 2.36. The van der Waals surface area contributed by atoms with Crippen molar-refractivity contribution in [3.63, 3.8) is 0 Å². The number of piperidine rings is 1. The smallest absolute Gasteiger partial charge is 0.387 e. The van der Waals surface area contributed by atoms with Crippen LogP contribution in [0.25, 0.3) is 0 Å². The van der Waals surface area contributed by atoms with Gasteiger partial charge in [-0.2, -0.15) is 13.2 Å². The van der Waals surface area contributed by atoms with Crippen LogP contribution in [0.15, 0.2) is 24.3 Å². The van der Waals surface area contributed by atoms with Crippen molar-refractivity contribution in [1.29, 1.82) is 0 Å². The Kier molecular flexibility index (Phi) is 4.63. The van der Waals surface area contributed by atoms with Crippen LogP contribution in [0.3, 0.4) is 0 Å². The van der Waals surface area contributed by atoms with Crippen LogP contribution < -0.4 is 0 Å². The molecule has 1 saturated heterocycles. The first-order chi connectivity index (χ1) is 9.67. The van der Waals surface area contributed by atoms with Crippen molar-refractivity contribution in [2.75, 3.05) is 19.6 Å². The van der Waals surface area contributed by atoms with Gasteiger partial charge in [-0.3, -0.25) is 4.90 Å². The van der Waals surface area contributed by atoms with Crippen LogP contribution in [-0.2, 0) is 6.18 Å². The molecule has 5 heteroatoms. The van der Waals surface area contributed by atoms with Crippen LogP contribution >= 0.6 is 0 Å². The molecule has 1 atom stereocenters. The molecule has 2 nitrogen and oxygen atoms in total. The number of nitrogens with zero attached hydrogens (tertiary/aromatic N) is 1. The largest absolute Gasteiger partial charge is 0.416 e. The van der Waals surface area contributed by atoms with Crippen LogP contribution in [0, 0.1) is 5.41 Å². The molecule has 118 valence electrons.